The van der Waals surface area contributed by atoms with Gasteiger partial charge in [0.05, 0.1) is 6.54 Å². The number of rotatable bonds is 4. The predicted molar refractivity (Wildman–Crippen MR) is 101 cm³/mol. The Morgan fingerprint density at radius 3 is 2.67 bits per heavy atom. The van der Waals surface area contributed by atoms with E-state index in [2.05, 4.69) is 10.3 Å². The Labute approximate surface area is 158 Å². The zero-order valence-electron chi connectivity index (χ0n) is 14.3. The molecule has 0 spiro atoms. The van der Waals surface area contributed by atoms with Gasteiger partial charge in [-0.15, -0.1) is 0 Å². The molecule has 1 aromatic heterocycles. The maximum absolute atomic E-state index is 13.8. The van der Waals surface area contributed by atoms with Crippen LogP contribution in [0.15, 0.2) is 58.3 Å². The minimum Gasteiger partial charge on any atom is -0.321 e. The number of H-pyrrole nitrogens is 1. The molecule has 8 heteroatoms. The molecule has 0 aliphatic heterocycles. The third kappa shape index (κ3) is 3.83. The molecule has 3 aromatic rings. The van der Waals surface area contributed by atoms with E-state index in [1.54, 1.807) is 31.2 Å². The van der Waals surface area contributed by atoms with Crippen LogP contribution >= 0.6 is 11.6 Å². The molecule has 1 amide bonds. The van der Waals surface area contributed by atoms with Crippen LogP contribution in [0.4, 0.5) is 10.1 Å². The molecule has 0 aliphatic rings. The van der Waals surface area contributed by atoms with Crippen LogP contribution in [0.1, 0.15) is 21.5 Å². The summed E-state index contributed by atoms with van der Waals surface area (Å²) in [6.45, 7) is 1.43. The summed E-state index contributed by atoms with van der Waals surface area (Å²) >= 11 is 6.03. The topological polar surface area (TPSA) is 84.0 Å². The first-order valence-electron chi connectivity index (χ1n) is 8.01. The van der Waals surface area contributed by atoms with Crippen molar-refractivity contribution < 1.29 is 9.18 Å². The van der Waals surface area contributed by atoms with E-state index in [-0.39, 0.29) is 17.7 Å². The lowest BCUT2D eigenvalue weighted by atomic mass is 10.2. The van der Waals surface area contributed by atoms with E-state index in [0.29, 0.717) is 16.3 Å². The fourth-order valence-electron chi connectivity index (χ4n) is 2.55. The lowest BCUT2D eigenvalue weighted by molar-refractivity contribution is 0.102. The van der Waals surface area contributed by atoms with Crippen molar-refractivity contribution in [1.29, 1.82) is 0 Å². The number of nitrogens with one attached hydrogen (secondary N) is 2. The molecule has 3 rings (SSSR count). The van der Waals surface area contributed by atoms with Crippen molar-refractivity contribution >= 4 is 23.2 Å². The van der Waals surface area contributed by atoms with Crippen LogP contribution in [0.3, 0.4) is 0 Å². The van der Waals surface area contributed by atoms with E-state index in [1.807, 2.05) is 0 Å². The van der Waals surface area contributed by atoms with Gasteiger partial charge in [-0.3, -0.25) is 14.2 Å². The third-order valence-electron chi connectivity index (χ3n) is 4.11. The van der Waals surface area contributed by atoms with Gasteiger partial charge in [-0.25, -0.2) is 9.18 Å². The average molecular weight is 388 g/mol. The van der Waals surface area contributed by atoms with Gasteiger partial charge in [0.15, 0.2) is 0 Å². The standard InChI is InChI=1S/C19H15ClFN3O3/c1-11-14(20)6-4-8-16(11)23-17(25)13-9-22-19(27)24(18(13)26)10-12-5-2-3-7-15(12)21/h2-9H,10H2,1H3,(H,22,27)(H,23,25). The Bertz CT molecular complexity index is 1140. The van der Waals surface area contributed by atoms with Crippen LogP contribution in [-0.2, 0) is 6.54 Å². The molecule has 0 saturated heterocycles. The summed E-state index contributed by atoms with van der Waals surface area (Å²) < 4.78 is 14.6. The molecular formula is C19H15ClFN3O3. The smallest absolute Gasteiger partial charge is 0.321 e. The second kappa shape index (κ2) is 7.59. The molecule has 1 heterocycles. The number of benzene rings is 2. The summed E-state index contributed by atoms with van der Waals surface area (Å²) in [6.07, 6.45) is 1.04. The van der Waals surface area contributed by atoms with Crippen LogP contribution in [0.25, 0.3) is 0 Å². The second-order valence-corrected chi connectivity index (χ2v) is 6.26. The lowest BCUT2D eigenvalue weighted by Crippen LogP contribution is -2.39. The Kier molecular flexibility index (Phi) is 5.23. The molecule has 0 saturated carbocycles. The fraction of sp³-hybridized carbons (Fsp3) is 0.105. The fourth-order valence-corrected chi connectivity index (χ4v) is 2.72. The minimum absolute atomic E-state index is 0.161. The highest BCUT2D eigenvalue weighted by Gasteiger charge is 2.17. The number of halogens is 2. The SMILES string of the molecule is Cc1c(Cl)cccc1NC(=O)c1c[nH]c(=O)n(Cc2ccccc2F)c1=O. The number of carbonyl (C=O) groups is 1. The van der Waals surface area contributed by atoms with Crippen molar-refractivity contribution in [2.24, 2.45) is 0 Å². The zero-order chi connectivity index (χ0) is 19.6. The third-order valence-corrected chi connectivity index (χ3v) is 4.52. The summed E-state index contributed by atoms with van der Waals surface area (Å²) in [4.78, 5) is 39.5. The summed E-state index contributed by atoms with van der Waals surface area (Å²) in [7, 11) is 0. The molecule has 2 aromatic carbocycles. The van der Waals surface area contributed by atoms with Crippen LogP contribution in [-0.4, -0.2) is 15.5 Å². The Hall–Kier alpha value is -3.19. The average Bonchev–Trinajstić information content (AvgIpc) is 2.64. The number of hydrogen-bond donors (Lipinski definition) is 2. The summed E-state index contributed by atoms with van der Waals surface area (Å²) in [6, 6.07) is 10.8. The Morgan fingerprint density at radius 2 is 1.93 bits per heavy atom. The van der Waals surface area contributed by atoms with Gasteiger partial charge in [0, 0.05) is 22.5 Å². The summed E-state index contributed by atoms with van der Waals surface area (Å²) in [5.41, 5.74) is -0.584. The van der Waals surface area contributed by atoms with Crippen LogP contribution in [0.5, 0.6) is 0 Å². The van der Waals surface area contributed by atoms with E-state index in [9.17, 15) is 18.8 Å². The largest absolute Gasteiger partial charge is 0.328 e. The van der Waals surface area contributed by atoms with Crippen molar-refractivity contribution in [3.8, 4) is 0 Å². The Balaban J connectivity index is 1.96. The summed E-state index contributed by atoms with van der Waals surface area (Å²) in [5, 5.41) is 3.06. The molecule has 0 bridgehead atoms. The highest BCUT2D eigenvalue weighted by molar-refractivity contribution is 6.31. The molecule has 0 radical (unpaired) electrons. The van der Waals surface area contributed by atoms with Crippen LogP contribution in [0, 0.1) is 12.7 Å². The van der Waals surface area contributed by atoms with Crippen molar-refractivity contribution in [3.63, 3.8) is 0 Å². The van der Waals surface area contributed by atoms with Crippen molar-refractivity contribution in [2.75, 3.05) is 5.32 Å². The molecule has 138 valence electrons. The molecule has 0 atom stereocenters. The van der Waals surface area contributed by atoms with Gasteiger partial charge in [0.25, 0.3) is 11.5 Å². The molecule has 0 fully saturated rings. The van der Waals surface area contributed by atoms with Crippen molar-refractivity contribution in [3.05, 3.63) is 97.0 Å². The first-order valence-corrected chi connectivity index (χ1v) is 8.38. The molecule has 0 unspecified atom stereocenters. The molecular weight excluding hydrogens is 373 g/mol. The van der Waals surface area contributed by atoms with Gasteiger partial charge in [-0.1, -0.05) is 35.9 Å². The number of amides is 1. The number of hydrogen-bond acceptors (Lipinski definition) is 3. The van der Waals surface area contributed by atoms with Gasteiger partial charge in [0.1, 0.15) is 11.4 Å². The van der Waals surface area contributed by atoms with Crippen molar-refractivity contribution in [2.45, 2.75) is 13.5 Å². The highest BCUT2D eigenvalue weighted by atomic mass is 35.5. The van der Waals surface area contributed by atoms with Gasteiger partial charge in [-0.05, 0) is 30.7 Å². The van der Waals surface area contributed by atoms with Crippen LogP contribution in [0.2, 0.25) is 5.02 Å². The first-order chi connectivity index (χ1) is 12.9. The maximum atomic E-state index is 13.8. The highest BCUT2D eigenvalue weighted by Crippen LogP contribution is 2.23. The van der Waals surface area contributed by atoms with E-state index in [1.165, 1.54) is 18.2 Å². The van der Waals surface area contributed by atoms with Crippen LogP contribution < -0.4 is 16.6 Å². The van der Waals surface area contributed by atoms with E-state index in [4.69, 9.17) is 11.6 Å². The molecule has 27 heavy (non-hydrogen) atoms. The van der Waals surface area contributed by atoms with E-state index < -0.39 is 23.0 Å². The quantitative estimate of drug-likeness (QED) is 0.722. The number of nitrogens with zero attached hydrogens (tertiary/aromatic N) is 1. The number of aromatic amines is 1. The normalized spacial score (nSPS) is 10.6. The predicted octanol–water partition coefficient (Wildman–Crippen LogP) is 2.94. The zero-order valence-corrected chi connectivity index (χ0v) is 15.0. The minimum atomic E-state index is -0.820. The first kappa shape index (κ1) is 18.6. The number of carbonyl (C=O) groups excluding carboxylic acids is 1. The van der Waals surface area contributed by atoms with E-state index in [0.717, 1.165) is 10.8 Å². The van der Waals surface area contributed by atoms with Gasteiger partial charge >= 0.3 is 5.69 Å². The Morgan fingerprint density at radius 1 is 1.19 bits per heavy atom. The number of aromatic nitrogens is 2. The monoisotopic (exact) mass is 387 g/mol. The van der Waals surface area contributed by atoms with Gasteiger partial charge in [-0.2, -0.15) is 0 Å². The summed E-state index contributed by atoms with van der Waals surface area (Å²) in [5.74, 6) is -1.25. The molecule has 0 aliphatic carbocycles. The molecule has 2 N–H and O–H groups in total. The molecule has 6 nitrogen and oxygen atoms in total. The second-order valence-electron chi connectivity index (χ2n) is 5.86. The van der Waals surface area contributed by atoms with E-state index >= 15 is 0 Å². The van der Waals surface area contributed by atoms with Gasteiger partial charge in [0.2, 0.25) is 0 Å². The van der Waals surface area contributed by atoms with Crippen molar-refractivity contribution in [1.82, 2.24) is 9.55 Å². The van der Waals surface area contributed by atoms with Gasteiger partial charge < -0.3 is 10.3 Å². The lowest BCUT2D eigenvalue weighted by Gasteiger charge is -2.11. The maximum Gasteiger partial charge on any atom is 0.328 e. The number of anilines is 1.